The van der Waals surface area contributed by atoms with Gasteiger partial charge in [-0.15, -0.1) is 0 Å². The van der Waals surface area contributed by atoms with E-state index < -0.39 is 0 Å². The number of hydrogen-bond acceptors (Lipinski definition) is 4. The Kier molecular flexibility index (Phi) is 3.53. The maximum absolute atomic E-state index is 13.0. The third-order valence-corrected chi connectivity index (χ3v) is 2.59. The first-order valence-electron chi connectivity index (χ1n) is 4.82. The second-order valence-electron chi connectivity index (χ2n) is 3.17. The molecule has 0 saturated carbocycles. The van der Waals surface area contributed by atoms with Crippen LogP contribution in [0.5, 0.6) is 11.6 Å². The number of anilines is 1. The van der Waals surface area contributed by atoms with E-state index in [1.54, 1.807) is 13.2 Å². The lowest BCUT2D eigenvalue weighted by Crippen LogP contribution is -1.96. The van der Waals surface area contributed by atoms with Crippen molar-refractivity contribution in [3.05, 3.63) is 40.9 Å². The van der Waals surface area contributed by atoms with Gasteiger partial charge in [0.25, 0.3) is 0 Å². The molecule has 1 N–H and O–H groups in total. The summed E-state index contributed by atoms with van der Waals surface area (Å²) in [4.78, 5) is 8.09. The molecule has 2 aromatic rings. The lowest BCUT2D eigenvalue weighted by molar-refractivity contribution is 0.458. The van der Waals surface area contributed by atoms with E-state index in [0.29, 0.717) is 21.9 Å². The monoisotopic (exact) mass is 297 g/mol. The molecule has 0 aliphatic rings. The van der Waals surface area contributed by atoms with Crippen molar-refractivity contribution in [3.63, 3.8) is 0 Å². The Morgan fingerprint density at radius 3 is 2.88 bits per heavy atom. The molecule has 0 bridgehead atoms. The summed E-state index contributed by atoms with van der Waals surface area (Å²) in [6.07, 6.45) is 3.06. The fourth-order valence-corrected chi connectivity index (χ4v) is 1.54. The van der Waals surface area contributed by atoms with E-state index in [-0.39, 0.29) is 5.82 Å². The average Bonchev–Trinajstić information content (AvgIpc) is 2.34. The molecule has 0 unspecified atom stereocenters. The van der Waals surface area contributed by atoms with Gasteiger partial charge in [0.2, 0.25) is 5.88 Å². The molecule has 0 aliphatic heterocycles. The number of nitrogens with one attached hydrogen (secondary N) is 1. The molecule has 0 amide bonds. The van der Waals surface area contributed by atoms with Crippen LogP contribution < -0.4 is 10.1 Å². The van der Waals surface area contributed by atoms with Crippen LogP contribution in [0.4, 0.5) is 10.2 Å². The van der Waals surface area contributed by atoms with Crippen molar-refractivity contribution in [1.82, 2.24) is 9.97 Å². The Labute approximate surface area is 106 Å². The quantitative estimate of drug-likeness (QED) is 0.945. The SMILES string of the molecule is CNc1cncc(Oc2ccc(F)c(Br)c2)n1. The molecule has 1 heterocycles. The highest BCUT2D eigenvalue weighted by atomic mass is 79.9. The number of halogens is 2. The molecule has 1 aromatic heterocycles. The van der Waals surface area contributed by atoms with Crippen molar-refractivity contribution in [3.8, 4) is 11.6 Å². The summed E-state index contributed by atoms with van der Waals surface area (Å²) in [6, 6.07) is 4.37. The summed E-state index contributed by atoms with van der Waals surface area (Å²) in [5, 5.41) is 2.85. The molecule has 0 radical (unpaired) electrons. The average molecular weight is 298 g/mol. The zero-order chi connectivity index (χ0) is 12.3. The number of ether oxygens (including phenoxy) is 1. The summed E-state index contributed by atoms with van der Waals surface area (Å²) in [5.74, 6) is 1.09. The molecular weight excluding hydrogens is 289 g/mol. The smallest absolute Gasteiger partial charge is 0.239 e. The predicted molar refractivity (Wildman–Crippen MR) is 65.8 cm³/mol. The fraction of sp³-hybridized carbons (Fsp3) is 0.0909. The zero-order valence-corrected chi connectivity index (χ0v) is 10.5. The molecule has 4 nitrogen and oxygen atoms in total. The third kappa shape index (κ3) is 2.91. The van der Waals surface area contributed by atoms with Crippen molar-refractivity contribution in [2.75, 3.05) is 12.4 Å². The van der Waals surface area contributed by atoms with E-state index in [0.717, 1.165) is 0 Å². The topological polar surface area (TPSA) is 47.0 Å². The molecule has 6 heteroatoms. The second-order valence-corrected chi connectivity index (χ2v) is 4.02. The van der Waals surface area contributed by atoms with Gasteiger partial charge in [0, 0.05) is 7.05 Å². The first kappa shape index (κ1) is 11.8. The maximum atomic E-state index is 13.0. The van der Waals surface area contributed by atoms with E-state index in [9.17, 15) is 4.39 Å². The first-order chi connectivity index (χ1) is 8.19. The summed E-state index contributed by atoms with van der Waals surface area (Å²) >= 11 is 3.08. The number of nitrogens with zero attached hydrogens (tertiary/aromatic N) is 2. The van der Waals surface area contributed by atoms with Crippen LogP contribution in [0.3, 0.4) is 0 Å². The molecule has 0 spiro atoms. The Morgan fingerprint density at radius 1 is 1.35 bits per heavy atom. The number of benzene rings is 1. The molecule has 0 aliphatic carbocycles. The number of hydrogen-bond donors (Lipinski definition) is 1. The highest BCUT2D eigenvalue weighted by Crippen LogP contribution is 2.25. The van der Waals surface area contributed by atoms with Gasteiger partial charge >= 0.3 is 0 Å². The molecule has 88 valence electrons. The van der Waals surface area contributed by atoms with Gasteiger partial charge in [-0.1, -0.05) is 0 Å². The normalized spacial score (nSPS) is 10.1. The van der Waals surface area contributed by atoms with E-state index in [1.165, 1.54) is 24.4 Å². The van der Waals surface area contributed by atoms with Gasteiger partial charge in [0.05, 0.1) is 16.9 Å². The minimum absolute atomic E-state index is 0.340. The van der Waals surface area contributed by atoms with Gasteiger partial charge in [0.1, 0.15) is 17.4 Å². The Morgan fingerprint density at radius 2 is 2.18 bits per heavy atom. The van der Waals surface area contributed by atoms with Gasteiger partial charge in [-0.25, -0.2) is 4.39 Å². The van der Waals surface area contributed by atoms with Crippen LogP contribution in [0.2, 0.25) is 0 Å². The van der Waals surface area contributed by atoms with Crippen molar-refractivity contribution in [2.24, 2.45) is 0 Å². The van der Waals surface area contributed by atoms with Gasteiger partial charge in [-0.05, 0) is 34.1 Å². The van der Waals surface area contributed by atoms with Crippen LogP contribution in [-0.4, -0.2) is 17.0 Å². The summed E-state index contributed by atoms with van der Waals surface area (Å²) < 4.78 is 18.8. The number of rotatable bonds is 3. The molecule has 2 rings (SSSR count). The molecule has 17 heavy (non-hydrogen) atoms. The van der Waals surface area contributed by atoms with E-state index in [1.807, 2.05) is 0 Å². The first-order valence-corrected chi connectivity index (χ1v) is 5.61. The van der Waals surface area contributed by atoms with Crippen LogP contribution in [0.1, 0.15) is 0 Å². The molecule has 0 atom stereocenters. The largest absolute Gasteiger partial charge is 0.437 e. The molecule has 0 saturated heterocycles. The molecular formula is C11H9BrFN3O. The summed E-state index contributed by atoms with van der Waals surface area (Å²) in [7, 11) is 1.74. The molecule has 0 fully saturated rings. The van der Waals surface area contributed by atoms with E-state index >= 15 is 0 Å². The maximum Gasteiger partial charge on any atom is 0.239 e. The fourth-order valence-electron chi connectivity index (χ4n) is 1.18. The molecule has 1 aromatic carbocycles. The standard InChI is InChI=1S/C11H9BrFN3O/c1-14-10-5-15-6-11(16-10)17-7-2-3-9(13)8(12)4-7/h2-6H,1H3,(H,14,16). The minimum Gasteiger partial charge on any atom is -0.437 e. The lowest BCUT2D eigenvalue weighted by atomic mass is 10.3. The van der Waals surface area contributed by atoms with Crippen molar-refractivity contribution in [2.45, 2.75) is 0 Å². The van der Waals surface area contributed by atoms with Crippen LogP contribution in [-0.2, 0) is 0 Å². The van der Waals surface area contributed by atoms with Crippen LogP contribution in [0.25, 0.3) is 0 Å². The summed E-state index contributed by atoms with van der Waals surface area (Å²) in [5.41, 5.74) is 0. The predicted octanol–water partition coefficient (Wildman–Crippen LogP) is 3.21. The second kappa shape index (κ2) is 5.09. The van der Waals surface area contributed by atoms with Crippen LogP contribution >= 0.6 is 15.9 Å². The van der Waals surface area contributed by atoms with Crippen molar-refractivity contribution in [1.29, 1.82) is 0 Å². The van der Waals surface area contributed by atoms with Crippen molar-refractivity contribution >= 4 is 21.7 Å². The van der Waals surface area contributed by atoms with Gasteiger partial charge in [-0.2, -0.15) is 4.98 Å². The van der Waals surface area contributed by atoms with E-state index in [4.69, 9.17) is 4.74 Å². The third-order valence-electron chi connectivity index (χ3n) is 1.98. The van der Waals surface area contributed by atoms with Crippen LogP contribution in [0.15, 0.2) is 35.1 Å². The van der Waals surface area contributed by atoms with Crippen molar-refractivity contribution < 1.29 is 9.13 Å². The van der Waals surface area contributed by atoms with Crippen LogP contribution in [0, 0.1) is 5.82 Å². The Bertz CT molecular complexity index is 536. The highest BCUT2D eigenvalue weighted by Gasteiger charge is 2.04. The number of aromatic nitrogens is 2. The summed E-state index contributed by atoms with van der Waals surface area (Å²) in [6.45, 7) is 0. The van der Waals surface area contributed by atoms with E-state index in [2.05, 4.69) is 31.2 Å². The zero-order valence-electron chi connectivity index (χ0n) is 8.95. The Balaban J connectivity index is 2.22. The minimum atomic E-state index is -0.340. The highest BCUT2D eigenvalue weighted by molar-refractivity contribution is 9.10. The Hall–Kier alpha value is -1.69. The van der Waals surface area contributed by atoms with Gasteiger partial charge in [-0.3, -0.25) is 4.98 Å². The van der Waals surface area contributed by atoms with Gasteiger partial charge in [0.15, 0.2) is 0 Å². The lowest BCUT2D eigenvalue weighted by Gasteiger charge is -2.06. The van der Waals surface area contributed by atoms with Gasteiger partial charge < -0.3 is 10.1 Å².